The number of allylic oxidation sites excluding steroid dienone is 2. The average Bonchev–Trinajstić information content (AvgIpc) is 3.00. The first-order valence-corrected chi connectivity index (χ1v) is 13.8. The van der Waals surface area contributed by atoms with Crippen molar-refractivity contribution >= 4 is 40.5 Å². The zero-order chi connectivity index (χ0) is 31.9. The summed E-state index contributed by atoms with van der Waals surface area (Å²) in [5.41, 5.74) is 0.965. The van der Waals surface area contributed by atoms with Crippen LogP contribution in [0, 0.1) is 5.21 Å². The van der Waals surface area contributed by atoms with Crippen LogP contribution in [0.15, 0.2) is 72.8 Å². The molecule has 0 spiro atoms. The van der Waals surface area contributed by atoms with Crippen LogP contribution < -0.4 is 20.8 Å². The summed E-state index contributed by atoms with van der Waals surface area (Å²) in [7, 11) is 0. The van der Waals surface area contributed by atoms with E-state index in [2.05, 4.69) is 16.7 Å². The van der Waals surface area contributed by atoms with Crippen LogP contribution in [0.25, 0.3) is 5.57 Å². The number of carbonyl (C=O) groups is 3. The second kappa shape index (κ2) is 14.2. The van der Waals surface area contributed by atoms with Crippen LogP contribution in [-0.2, 0) is 17.5 Å². The van der Waals surface area contributed by atoms with Crippen LogP contribution >= 0.6 is 0 Å². The normalized spacial score (nSPS) is 13.9. The molecule has 4 rings (SSSR count). The highest BCUT2D eigenvalue weighted by Crippen LogP contribution is 2.35. The van der Waals surface area contributed by atoms with Gasteiger partial charge in [0.25, 0.3) is 5.91 Å². The van der Waals surface area contributed by atoms with Gasteiger partial charge in [0.15, 0.2) is 5.69 Å². The van der Waals surface area contributed by atoms with Gasteiger partial charge in [0, 0.05) is 29.5 Å². The molecular formula is C31H31F3N4O6. The number of quaternary nitrogens is 1. The number of hydrogen-bond acceptors (Lipinski definition) is 5. The molecule has 0 aliphatic heterocycles. The van der Waals surface area contributed by atoms with E-state index in [0.717, 1.165) is 43.4 Å². The van der Waals surface area contributed by atoms with Crippen LogP contribution in [0.1, 0.15) is 59.2 Å². The summed E-state index contributed by atoms with van der Waals surface area (Å²) < 4.78 is 40.7. The van der Waals surface area contributed by atoms with E-state index >= 15 is 0 Å². The minimum Gasteiger partial charge on any atom is -0.595 e. The summed E-state index contributed by atoms with van der Waals surface area (Å²) in [6.45, 7) is -0.0611. The van der Waals surface area contributed by atoms with Crippen molar-refractivity contribution < 1.29 is 43.1 Å². The van der Waals surface area contributed by atoms with Gasteiger partial charge in [-0.2, -0.15) is 18.4 Å². The Hall–Kier alpha value is -4.72. The molecule has 3 aromatic carbocycles. The number of anilines is 2. The summed E-state index contributed by atoms with van der Waals surface area (Å²) >= 11 is 0. The molecule has 10 nitrogen and oxygen atoms in total. The predicted molar refractivity (Wildman–Crippen MR) is 156 cm³/mol. The highest BCUT2D eigenvalue weighted by Gasteiger charge is 2.37. The Bertz CT molecular complexity index is 1520. The number of carboxylic acid groups (broad SMARTS) is 1. The molecule has 13 heteroatoms. The number of carbonyl (C=O) groups excluding carboxylic acids is 2. The minimum absolute atomic E-state index is 0.0197. The Morgan fingerprint density at radius 2 is 1.68 bits per heavy atom. The van der Waals surface area contributed by atoms with Crippen molar-refractivity contribution in [3.63, 3.8) is 0 Å². The Kier molecular flexibility index (Phi) is 10.4. The van der Waals surface area contributed by atoms with Gasteiger partial charge in [-0.15, -0.1) is 0 Å². The fourth-order valence-electron chi connectivity index (χ4n) is 4.80. The summed E-state index contributed by atoms with van der Waals surface area (Å²) in [6.07, 6.45) is 1.12. The molecule has 5 N–H and O–H groups in total. The first-order chi connectivity index (χ1) is 20.9. The van der Waals surface area contributed by atoms with Crippen molar-refractivity contribution in [2.24, 2.45) is 0 Å². The van der Waals surface area contributed by atoms with Gasteiger partial charge in [0.2, 0.25) is 0 Å². The first-order valence-electron chi connectivity index (χ1n) is 13.8. The molecule has 3 aromatic rings. The average molecular weight is 613 g/mol. The molecule has 0 saturated heterocycles. The van der Waals surface area contributed by atoms with E-state index in [4.69, 9.17) is 5.11 Å². The van der Waals surface area contributed by atoms with Gasteiger partial charge in [0.05, 0.1) is 13.0 Å². The molecular weight excluding hydrogens is 581 g/mol. The maximum Gasteiger partial charge on any atom is 0.422 e. The van der Waals surface area contributed by atoms with E-state index in [-0.39, 0.29) is 30.8 Å². The highest BCUT2D eigenvalue weighted by molar-refractivity contribution is 6.02. The highest BCUT2D eigenvalue weighted by atomic mass is 19.4. The summed E-state index contributed by atoms with van der Waals surface area (Å²) in [4.78, 5) is 37.9. The number of amides is 3. The topological polar surface area (TPSA) is 146 Å². The van der Waals surface area contributed by atoms with E-state index in [1.807, 2.05) is 12.1 Å². The van der Waals surface area contributed by atoms with Gasteiger partial charge < -0.3 is 20.9 Å². The fraction of sp³-hybridized carbons (Fsp3) is 0.258. The first kappa shape index (κ1) is 32.2. The molecule has 1 atom stereocenters. The number of aliphatic carboxylic acids is 1. The molecule has 0 aromatic heterocycles. The standard InChI is InChI=1S/C31H31F3N4O6/c32-31(33,34)26-18-24(12-15-27(26)38(43)44)36-30(42)37(25-13-10-22(11-14-25)21-4-2-1-3-5-21)19-20-6-8-23(9-7-20)29(41)35-17-16-28(39)40/h4,6-15,18,38,43H,1-3,5,16-17,19H2,(H,35,41)(H,36,42)(H,39,40). The molecule has 0 radical (unpaired) electrons. The van der Waals surface area contributed by atoms with Crippen molar-refractivity contribution in [3.05, 3.63) is 100 Å². The Morgan fingerprint density at radius 3 is 2.27 bits per heavy atom. The SMILES string of the molecule is O=C(O)CCNC(=O)c1ccc(CN(C(=O)Nc2ccc([NH+]([O-])O)c(C(F)(F)F)c2)c2ccc(C3=CCCCC3)cc2)cc1. The lowest BCUT2D eigenvalue weighted by atomic mass is 9.93. The largest absolute Gasteiger partial charge is 0.595 e. The van der Waals surface area contributed by atoms with E-state index in [1.54, 1.807) is 24.3 Å². The third-order valence-corrected chi connectivity index (χ3v) is 7.07. The Balaban J connectivity index is 1.59. The quantitative estimate of drug-likeness (QED) is 0.191. The summed E-state index contributed by atoms with van der Waals surface area (Å²) in [5, 5.41) is 32.5. The van der Waals surface area contributed by atoms with Crippen molar-refractivity contribution in [1.29, 1.82) is 0 Å². The smallest absolute Gasteiger partial charge is 0.422 e. The molecule has 3 amide bonds. The molecule has 1 unspecified atom stereocenters. The molecule has 0 bridgehead atoms. The van der Waals surface area contributed by atoms with Crippen molar-refractivity contribution in [2.45, 2.75) is 44.8 Å². The molecule has 0 heterocycles. The molecule has 232 valence electrons. The summed E-state index contributed by atoms with van der Waals surface area (Å²) in [5.74, 6) is -1.51. The van der Waals surface area contributed by atoms with Gasteiger partial charge in [0.1, 0.15) is 5.56 Å². The van der Waals surface area contributed by atoms with Crippen LogP contribution in [0.4, 0.5) is 35.0 Å². The lowest BCUT2D eigenvalue weighted by Gasteiger charge is -2.25. The van der Waals surface area contributed by atoms with Gasteiger partial charge in [-0.3, -0.25) is 14.5 Å². The Morgan fingerprint density at radius 1 is 0.977 bits per heavy atom. The number of rotatable bonds is 10. The van der Waals surface area contributed by atoms with E-state index in [1.165, 1.54) is 22.6 Å². The van der Waals surface area contributed by atoms with Crippen LogP contribution in [0.3, 0.4) is 0 Å². The number of hydrogen-bond donors (Lipinski definition) is 5. The third kappa shape index (κ3) is 8.43. The lowest BCUT2D eigenvalue weighted by Crippen LogP contribution is -2.99. The Labute approximate surface area is 250 Å². The van der Waals surface area contributed by atoms with E-state index in [0.29, 0.717) is 17.3 Å². The molecule has 44 heavy (non-hydrogen) atoms. The number of carboxylic acids is 1. The number of nitrogens with one attached hydrogen (secondary N) is 3. The van der Waals surface area contributed by atoms with E-state index < -0.39 is 40.6 Å². The summed E-state index contributed by atoms with van der Waals surface area (Å²) in [6, 6.07) is 15.2. The van der Waals surface area contributed by atoms with Crippen LogP contribution in [0.5, 0.6) is 0 Å². The van der Waals surface area contributed by atoms with Crippen molar-refractivity contribution in [2.75, 3.05) is 16.8 Å². The monoisotopic (exact) mass is 612 g/mol. The van der Waals surface area contributed by atoms with Gasteiger partial charge in [-0.1, -0.05) is 30.3 Å². The number of nitrogens with zero attached hydrogens (tertiary/aromatic N) is 1. The maximum atomic E-state index is 13.6. The fourth-order valence-corrected chi connectivity index (χ4v) is 4.80. The van der Waals surface area contributed by atoms with Crippen molar-refractivity contribution in [1.82, 2.24) is 5.32 Å². The van der Waals surface area contributed by atoms with Crippen LogP contribution in [0.2, 0.25) is 0 Å². The molecule has 1 aliphatic carbocycles. The number of benzene rings is 3. The maximum absolute atomic E-state index is 13.6. The number of halogens is 3. The van der Waals surface area contributed by atoms with Crippen LogP contribution in [-0.4, -0.2) is 34.8 Å². The predicted octanol–water partition coefficient (Wildman–Crippen LogP) is 5.51. The lowest BCUT2D eigenvalue weighted by molar-refractivity contribution is -0.991. The zero-order valence-corrected chi connectivity index (χ0v) is 23.5. The van der Waals surface area contributed by atoms with Gasteiger partial charge in [-0.05, 0) is 78.8 Å². The third-order valence-electron chi connectivity index (χ3n) is 7.07. The zero-order valence-electron chi connectivity index (χ0n) is 23.5. The minimum atomic E-state index is -4.96. The molecule has 0 fully saturated rings. The second-order valence-corrected chi connectivity index (χ2v) is 10.2. The number of urea groups is 1. The van der Waals surface area contributed by atoms with Gasteiger partial charge >= 0.3 is 18.2 Å². The molecule has 0 saturated carbocycles. The molecule has 1 aliphatic rings. The number of alkyl halides is 3. The van der Waals surface area contributed by atoms with E-state index in [9.17, 15) is 38.0 Å². The van der Waals surface area contributed by atoms with Gasteiger partial charge in [-0.25, -0.2) is 10.0 Å². The van der Waals surface area contributed by atoms with Crippen molar-refractivity contribution in [3.8, 4) is 0 Å². The second-order valence-electron chi connectivity index (χ2n) is 10.2.